The van der Waals surface area contributed by atoms with Crippen LogP contribution >= 0.6 is 0 Å². The molecule has 1 fully saturated rings. The number of nitrogens with two attached hydrogens (primary N) is 1. The lowest BCUT2D eigenvalue weighted by molar-refractivity contribution is 0.0771. The number of aromatic nitrogens is 2. The van der Waals surface area contributed by atoms with Gasteiger partial charge in [0.15, 0.2) is 0 Å². The summed E-state index contributed by atoms with van der Waals surface area (Å²) in [6.45, 7) is 3.51. The van der Waals surface area contributed by atoms with E-state index in [0.717, 1.165) is 0 Å². The fraction of sp³-hybridized carbons (Fsp3) is 0.700. The number of carbonyl (C=O) groups excluding carboxylic acids is 1. The van der Waals surface area contributed by atoms with Gasteiger partial charge < -0.3 is 15.5 Å². The lowest BCUT2D eigenvalue weighted by Crippen LogP contribution is -2.36. The van der Waals surface area contributed by atoms with Gasteiger partial charge >= 0.3 is 0 Å². The van der Waals surface area contributed by atoms with E-state index in [1.54, 1.807) is 4.90 Å². The number of rotatable bonds is 2. The number of likely N-dealkylation sites (N-methyl/N-ethyl adjacent to an activating group) is 1. The van der Waals surface area contributed by atoms with Crippen molar-refractivity contribution in [3.8, 4) is 0 Å². The molecule has 0 spiro atoms. The van der Waals surface area contributed by atoms with E-state index >= 15 is 0 Å². The normalized spacial score (nSPS) is 24.6. The Morgan fingerprint density at radius 1 is 1.47 bits per heavy atom. The molecule has 0 saturated carbocycles. The molecule has 1 aromatic heterocycles. The SMILES string of the molecule is CC1CN(C(=O)c2nonc2N)CC1N(C)C. The van der Waals surface area contributed by atoms with Crippen molar-refractivity contribution < 1.29 is 9.42 Å². The highest BCUT2D eigenvalue weighted by Crippen LogP contribution is 2.22. The second-order valence-electron chi connectivity index (χ2n) is 4.72. The third-order valence-corrected chi connectivity index (χ3v) is 3.24. The molecule has 2 atom stereocenters. The van der Waals surface area contributed by atoms with E-state index in [1.807, 2.05) is 14.1 Å². The summed E-state index contributed by atoms with van der Waals surface area (Å²) in [5.41, 5.74) is 5.62. The van der Waals surface area contributed by atoms with Crippen molar-refractivity contribution >= 4 is 11.7 Å². The number of carbonyl (C=O) groups is 1. The maximum atomic E-state index is 12.1. The molecule has 0 aromatic carbocycles. The first-order chi connectivity index (χ1) is 8.00. The standard InChI is InChI=1S/C10H17N5O2/c1-6-4-15(5-7(6)14(2)3)10(16)8-9(11)13-17-12-8/h6-7H,4-5H2,1-3H3,(H2,11,13). The van der Waals surface area contributed by atoms with Crippen LogP contribution in [0, 0.1) is 5.92 Å². The van der Waals surface area contributed by atoms with E-state index in [4.69, 9.17) is 5.73 Å². The van der Waals surface area contributed by atoms with E-state index in [-0.39, 0.29) is 17.4 Å². The number of amides is 1. The quantitative estimate of drug-likeness (QED) is 0.760. The van der Waals surface area contributed by atoms with Gasteiger partial charge in [-0.2, -0.15) is 0 Å². The van der Waals surface area contributed by atoms with Gasteiger partial charge in [0.05, 0.1) is 0 Å². The zero-order valence-electron chi connectivity index (χ0n) is 10.3. The second kappa shape index (κ2) is 4.33. The lowest BCUT2D eigenvalue weighted by Gasteiger charge is -2.22. The first-order valence-electron chi connectivity index (χ1n) is 5.54. The largest absolute Gasteiger partial charge is 0.379 e. The molecule has 2 rings (SSSR count). The molecule has 1 aliphatic heterocycles. The van der Waals surface area contributed by atoms with Crippen LogP contribution in [0.5, 0.6) is 0 Å². The fourth-order valence-corrected chi connectivity index (χ4v) is 2.28. The molecule has 94 valence electrons. The fourth-order valence-electron chi connectivity index (χ4n) is 2.28. The van der Waals surface area contributed by atoms with Crippen LogP contribution in [0.4, 0.5) is 5.82 Å². The minimum atomic E-state index is -0.208. The molecule has 0 bridgehead atoms. The van der Waals surface area contributed by atoms with Gasteiger partial charge in [-0.05, 0) is 30.3 Å². The van der Waals surface area contributed by atoms with Crippen LogP contribution in [0.3, 0.4) is 0 Å². The molecular weight excluding hydrogens is 222 g/mol. The maximum Gasteiger partial charge on any atom is 0.280 e. The van der Waals surface area contributed by atoms with Gasteiger partial charge in [-0.15, -0.1) is 0 Å². The average Bonchev–Trinajstić information content (AvgIpc) is 2.83. The van der Waals surface area contributed by atoms with Crippen LogP contribution in [-0.2, 0) is 0 Å². The third kappa shape index (κ3) is 2.10. The van der Waals surface area contributed by atoms with Crippen molar-refractivity contribution in [3.05, 3.63) is 5.69 Å². The highest BCUT2D eigenvalue weighted by atomic mass is 16.6. The Labute approximate surface area is 99.5 Å². The molecule has 0 aliphatic carbocycles. The number of nitrogen functional groups attached to an aromatic ring is 1. The molecule has 1 aliphatic rings. The predicted octanol–water partition coefficient (Wildman–Crippen LogP) is -0.326. The Kier molecular flexibility index (Phi) is 3.01. The molecule has 17 heavy (non-hydrogen) atoms. The summed E-state index contributed by atoms with van der Waals surface area (Å²) in [4.78, 5) is 16.0. The maximum absolute atomic E-state index is 12.1. The summed E-state index contributed by atoms with van der Waals surface area (Å²) >= 11 is 0. The van der Waals surface area contributed by atoms with Crippen molar-refractivity contribution in [1.82, 2.24) is 20.1 Å². The molecule has 2 N–H and O–H groups in total. The second-order valence-corrected chi connectivity index (χ2v) is 4.72. The molecule has 1 saturated heterocycles. The molecule has 0 radical (unpaired) electrons. The van der Waals surface area contributed by atoms with E-state index in [1.165, 1.54) is 0 Å². The number of hydrogen-bond donors (Lipinski definition) is 1. The molecule has 2 heterocycles. The average molecular weight is 239 g/mol. The number of nitrogens with zero attached hydrogens (tertiary/aromatic N) is 4. The van der Waals surface area contributed by atoms with Gasteiger partial charge in [0.25, 0.3) is 5.91 Å². The van der Waals surface area contributed by atoms with E-state index < -0.39 is 0 Å². The zero-order chi connectivity index (χ0) is 12.6. The Hall–Kier alpha value is -1.63. The van der Waals surface area contributed by atoms with Crippen molar-refractivity contribution in [2.45, 2.75) is 13.0 Å². The summed E-state index contributed by atoms with van der Waals surface area (Å²) in [5, 5.41) is 6.96. The Morgan fingerprint density at radius 3 is 2.65 bits per heavy atom. The summed E-state index contributed by atoms with van der Waals surface area (Å²) < 4.78 is 4.44. The van der Waals surface area contributed by atoms with Gasteiger partial charge in [0.1, 0.15) is 0 Å². The van der Waals surface area contributed by atoms with Crippen LogP contribution in [0.1, 0.15) is 17.4 Å². The first-order valence-corrected chi connectivity index (χ1v) is 5.54. The van der Waals surface area contributed by atoms with Crippen LogP contribution in [0.25, 0.3) is 0 Å². The van der Waals surface area contributed by atoms with Gasteiger partial charge in [-0.1, -0.05) is 6.92 Å². The monoisotopic (exact) mass is 239 g/mol. The summed E-state index contributed by atoms with van der Waals surface area (Å²) in [6.07, 6.45) is 0. The molecule has 7 nitrogen and oxygen atoms in total. The number of anilines is 1. The lowest BCUT2D eigenvalue weighted by atomic mass is 10.1. The third-order valence-electron chi connectivity index (χ3n) is 3.24. The first kappa shape index (κ1) is 11.8. The van der Waals surface area contributed by atoms with E-state index in [0.29, 0.717) is 25.0 Å². The summed E-state index contributed by atoms with van der Waals surface area (Å²) in [6, 6.07) is 0.361. The highest BCUT2D eigenvalue weighted by molar-refractivity contribution is 5.96. The van der Waals surface area contributed by atoms with Crippen LogP contribution in [-0.4, -0.2) is 59.2 Å². The Bertz CT molecular complexity index is 417. The van der Waals surface area contributed by atoms with E-state index in [2.05, 4.69) is 26.8 Å². The van der Waals surface area contributed by atoms with Crippen molar-refractivity contribution in [1.29, 1.82) is 0 Å². The van der Waals surface area contributed by atoms with Crippen LogP contribution in [0.2, 0.25) is 0 Å². The minimum Gasteiger partial charge on any atom is -0.379 e. The van der Waals surface area contributed by atoms with Gasteiger partial charge in [0, 0.05) is 19.1 Å². The summed E-state index contributed by atoms with van der Waals surface area (Å²) in [5.74, 6) is 0.269. The minimum absolute atomic E-state index is 0.0518. The van der Waals surface area contributed by atoms with Crippen molar-refractivity contribution in [3.63, 3.8) is 0 Å². The van der Waals surface area contributed by atoms with Gasteiger partial charge in [-0.3, -0.25) is 4.79 Å². The molecule has 2 unspecified atom stereocenters. The van der Waals surface area contributed by atoms with Crippen molar-refractivity contribution in [2.24, 2.45) is 5.92 Å². The highest BCUT2D eigenvalue weighted by Gasteiger charge is 2.35. The summed E-state index contributed by atoms with van der Waals surface area (Å²) in [7, 11) is 4.03. The Morgan fingerprint density at radius 2 is 2.18 bits per heavy atom. The molecule has 1 amide bonds. The Balaban J connectivity index is 2.11. The molecule has 7 heteroatoms. The van der Waals surface area contributed by atoms with Crippen LogP contribution in [0.15, 0.2) is 4.63 Å². The van der Waals surface area contributed by atoms with Crippen LogP contribution < -0.4 is 5.73 Å². The molecule has 1 aromatic rings. The number of likely N-dealkylation sites (tertiary alicyclic amines) is 1. The zero-order valence-corrected chi connectivity index (χ0v) is 10.3. The van der Waals surface area contributed by atoms with E-state index in [9.17, 15) is 4.79 Å². The van der Waals surface area contributed by atoms with Gasteiger partial charge in [0.2, 0.25) is 11.5 Å². The van der Waals surface area contributed by atoms with Gasteiger partial charge in [-0.25, -0.2) is 4.63 Å². The predicted molar refractivity (Wildman–Crippen MR) is 61.3 cm³/mol. The topological polar surface area (TPSA) is 88.5 Å². The smallest absolute Gasteiger partial charge is 0.280 e. The molecular formula is C10H17N5O2. The number of hydrogen-bond acceptors (Lipinski definition) is 6. The van der Waals surface area contributed by atoms with Crippen molar-refractivity contribution in [2.75, 3.05) is 32.9 Å².